The predicted octanol–water partition coefficient (Wildman–Crippen LogP) is 5.20. The molecule has 0 aliphatic heterocycles. The normalized spacial score (nSPS) is 10.3. The van der Waals surface area contributed by atoms with Crippen LogP contribution in [0.15, 0.2) is 37.0 Å². The lowest BCUT2D eigenvalue weighted by Gasteiger charge is -2.04. The Morgan fingerprint density at radius 1 is 1.25 bits per heavy atom. The summed E-state index contributed by atoms with van der Waals surface area (Å²) in [4.78, 5) is 22.9. The Morgan fingerprint density at radius 2 is 1.95 bits per heavy atom. The fraction of sp³-hybridized carbons (Fsp3) is 0. The van der Waals surface area contributed by atoms with Crippen LogP contribution in [0, 0.1) is 10.1 Å². The second-order valence-corrected chi connectivity index (χ2v) is 7.75. The van der Waals surface area contributed by atoms with Crippen molar-refractivity contribution in [3.8, 4) is 0 Å². The largest absolute Gasteiger partial charge is 0.316 e. The third-order valence-corrected chi connectivity index (χ3v) is 6.02. The van der Waals surface area contributed by atoms with E-state index in [4.69, 9.17) is 0 Å². The van der Waals surface area contributed by atoms with Crippen LogP contribution in [0.4, 0.5) is 11.4 Å². The van der Waals surface area contributed by atoms with E-state index >= 15 is 0 Å². The van der Waals surface area contributed by atoms with Gasteiger partial charge in [0.1, 0.15) is 5.69 Å². The molecule has 1 aromatic carbocycles. The van der Waals surface area contributed by atoms with Crippen LogP contribution in [0.1, 0.15) is 9.67 Å². The number of amides is 1. The highest BCUT2D eigenvalue weighted by Gasteiger charge is 2.18. The first-order valence-electron chi connectivity index (χ1n) is 5.08. The molecule has 5 nitrogen and oxygen atoms in total. The van der Waals surface area contributed by atoms with Gasteiger partial charge in [-0.3, -0.25) is 14.9 Å². The van der Waals surface area contributed by atoms with Gasteiger partial charge in [0.05, 0.1) is 13.6 Å². The number of thiophene rings is 1. The van der Waals surface area contributed by atoms with Gasteiger partial charge in [-0.1, -0.05) is 15.9 Å². The number of rotatable bonds is 3. The molecular formula is C11H5Br3N2O3S. The lowest BCUT2D eigenvalue weighted by atomic mass is 10.2. The molecule has 0 atom stereocenters. The first kappa shape index (κ1) is 15.6. The molecule has 1 aromatic heterocycles. The average Bonchev–Trinajstić information content (AvgIpc) is 2.71. The molecule has 0 saturated carbocycles. The highest BCUT2D eigenvalue weighted by molar-refractivity contribution is 9.13. The standard InChI is InChI=1S/C11H5Br3N2O3S/c12-5-1-2-7(8(3-5)16(18)19)15-11(17)9-4-6(13)10(14)20-9/h1-4H,(H,15,17). The summed E-state index contributed by atoms with van der Waals surface area (Å²) in [5.74, 6) is -0.396. The lowest BCUT2D eigenvalue weighted by molar-refractivity contribution is -0.384. The number of anilines is 1. The van der Waals surface area contributed by atoms with Gasteiger partial charge in [-0.05, 0) is 50.1 Å². The van der Waals surface area contributed by atoms with Crippen molar-refractivity contribution in [3.63, 3.8) is 0 Å². The molecule has 0 aliphatic carbocycles. The summed E-state index contributed by atoms with van der Waals surface area (Å²) in [6, 6.07) is 6.10. The molecule has 2 aromatic rings. The summed E-state index contributed by atoms with van der Waals surface area (Å²) in [5.41, 5.74) is -0.00810. The zero-order valence-electron chi connectivity index (χ0n) is 9.52. The second-order valence-electron chi connectivity index (χ2n) is 3.60. The van der Waals surface area contributed by atoms with E-state index in [2.05, 4.69) is 53.1 Å². The highest BCUT2D eigenvalue weighted by Crippen LogP contribution is 2.34. The molecular weight excluding hydrogens is 480 g/mol. The third-order valence-electron chi connectivity index (χ3n) is 2.27. The van der Waals surface area contributed by atoms with Crippen molar-refractivity contribution < 1.29 is 9.72 Å². The summed E-state index contributed by atoms with van der Waals surface area (Å²) in [6.45, 7) is 0. The Balaban J connectivity index is 2.30. The Labute approximate surface area is 142 Å². The molecule has 0 fully saturated rings. The molecule has 104 valence electrons. The molecule has 0 saturated heterocycles. The Kier molecular flexibility index (Phi) is 4.95. The van der Waals surface area contributed by atoms with Crippen molar-refractivity contribution in [1.29, 1.82) is 0 Å². The van der Waals surface area contributed by atoms with Gasteiger partial charge < -0.3 is 5.32 Å². The summed E-state index contributed by atoms with van der Waals surface area (Å²) in [5, 5.41) is 13.5. The number of carbonyl (C=O) groups is 1. The van der Waals surface area contributed by atoms with E-state index in [1.165, 1.54) is 23.5 Å². The van der Waals surface area contributed by atoms with Crippen molar-refractivity contribution in [1.82, 2.24) is 0 Å². The van der Waals surface area contributed by atoms with Crippen LogP contribution in [0.3, 0.4) is 0 Å². The number of carbonyl (C=O) groups excluding carboxylic acids is 1. The van der Waals surface area contributed by atoms with Gasteiger partial charge in [0.15, 0.2) is 0 Å². The molecule has 1 heterocycles. The van der Waals surface area contributed by atoms with Crippen LogP contribution in [0.5, 0.6) is 0 Å². The monoisotopic (exact) mass is 482 g/mol. The quantitative estimate of drug-likeness (QED) is 0.481. The molecule has 20 heavy (non-hydrogen) atoms. The maximum atomic E-state index is 12.1. The first-order valence-corrected chi connectivity index (χ1v) is 8.28. The molecule has 1 N–H and O–H groups in total. The molecule has 0 aliphatic rings. The van der Waals surface area contributed by atoms with Crippen LogP contribution in [0.2, 0.25) is 0 Å². The molecule has 1 amide bonds. The SMILES string of the molecule is O=C(Nc1ccc(Br)cc1[N+](=O)[O-])c1cc(Br)c(Br)s1. The number of nitro groups is 1. The van der Waals surface area contributed by atoms with Gasteiger partial charge in [-0.25, -0.2) is 0 Å². The number of benzene rings is 1. The van der Waals surface area contributed by atoms with Crippen LogP contribution >= 0.6 is 59.1 Å². The average molecular weight is 485 g/mol. The topological polar surface area (TPSA) is 72.2 Å². The van der Waals surface area contributed by atoms with Gasteiger partial charge in [-0.2, -0.15) is 0 Å². The Morgan fingerprint density at radius 3 is 2.50 bits per heavy atom. The number of nitro benzene ring substituents is 1. The summed E-state index contributed by atoms with van der Waals surface area (Å²) >= 11 is 11.0. The van der Waals surface area contributed by atoms with E-state index in [1.807, 2.05) is 0 Å². The maximum Gasteiger partial charge on any atom is 0.293 e. The zero-order valence-corrected chi connectivity index (χ0v) is 15.1. The molecule has 0 radical (unpaired) electrons. The van der Waals surface area contributed by atoms with Crippen molar-refractivity contribution in [2.75, 3.05) is 5.32 Å². The van der Waals surface area contributed by atoms with Gasteiger partial charge in [0, 0.05) is 15.0 Å². The number of halogens is 3. The van der Waals surface area contributed by atoms with E-state index in [9.17, 15) is 14.9 Å². The van der Waals surface area contributed by atoms with Crippen LogP contribution in [-0.2, 0) is 0 Å². The van der Waals surface area contributed by atoms with E-state index in [0.29, 0.717) is 9.35 Å². The predicted molar refractivity (Wildman–Crippen MR) is 88.5 cm³/mol. The van der Waals surface area contributed by atoms with Crippen molar-refractivity contribution in [3.05, 3.63) is 52.0 Å². The number of hydrogen-bond acceptors (Lipinski definition) is 4. The fourth-order valence-electron chi connectivity index (χ4n) is 1.40. The lowest BCUT2D eigenvalue weighted by Crippen LogP contribution is -2.11. The van der Waals surface area contributed by atoms with Gasteiger partial charge in [0.2, 0.25) is 0 Å². The minimum absolute atomic E-state index is 0.156. The number of hydrogen-bond donors (Lipinski definition) is 1. The van der Waals surface area contributed by atoms with Crippen LogP contribution in [-0.4, -0.2) is 10.8 Å². The highest BCUT2D eigenvalue weighted by atomic mass is 79.9. The van der Waals surface area contributed by atoms with E-state index in [1.54, 1.807) is 12.1 Å². The summed E-state index contributed by atoms with van der Waals surface area (Å²) in [7, 11) is 0. The van der Waals surface area contributed by atoms with Gasteiger partial charge in [-0.15, -0.1) is 11.3 Å². The van der Waals surface area contributed by atoms with E-state index < -0.39 is 10.8 Å². The second kappa shape index (κ2) is 6.33. The van der Waals surface area contributed by atoms with Crippen LogP contribution < -0.4 is 5.32 Å². The Hall–Kier alpha value is -0.770. The maximum absolute atomic E-state index is 12.1. The molecule has 0 unspecified atom stereocenters. The van der Waals surface area contributed by atoms with Gasteiger partial charge >= 0.3 is 0 Å². The van der Waals surface area contributed by atoms with Crippen molar-refractivity contribution in [2.24, 2.45) is 0 Å². The smallest absolute Gasteiger partial charge is 0.293 e. The van der Waals surface area contributed by atoms with Crippen molar-refractivity contribution in [2.45, 2.75) is 0 Å². The minimum atomic E-state index is -0.541. The fourth-order valence-corrected chi connectivity index (χ4v) is 3.68. The van der Waals surface area contributed by atoms with Crippen LogP contribution in [0.25, 0.3) is 0 Å². The van der Waals surface area contributed by atoms with E-state index in [-0.39, 0.29) is 11.4 Å². The van der Waals surface area contributed by atoms with Gasteiger partial charge in [0.25, 0.3) is 11.6 Å². The summed E-state index contributed by atoms with van der Waals surface area (Å²) in [6.07, 6.45) is 0. The number of nitrogens with zero attached hydrogens (tertiary/aromatic N) is 1. The molecule has 9 heteroatoms. The van der Waals surface area contributed by atoms with E-state index in [0.717, 1.165) is 8.26 Å². The summed E-state index contributed by atoms with van der Waals surface area (Å²) < 4.78 is 2.12. The minimum Gasteiger partial charge on any atom is -0.316 e. The third kappa shape index (κ3) is 3.46. The first-order chi connectivity index (χ1) is 9.38. The molecule has 2 rings (SSSR count). The molecule has 0 spiro atoms. The Bertz CT molecular complexity index is 683. The van der Waals surface area contributed by atoms with Crippen molar-refractivity contribution >= 4 is 76.4 Å². The zero-order chi connectivity index (χ0) is 14.9. The number of nitrogens with one attached hydrogen (secondary N) is 1. The molecule has 0 bridgehead atoms.